The quantitative estimate of drug-likeness (QED) is 0.886. The predicted molar refractivity (Wildman–Crippen MR) is 86.5 cm³/mol. The van der Waals surface area contributed by atoms with E-state index in [1.165, 1.54) is 6.20 Å². The van der Waals surface area contributed by atoms with Gasteiger partial charge in [-0.1, -0.05) is 39.0 Å². The number of nitrogens with one attached hydrogen (secondary N) is 1. The summed E-state index contributed by atoms with van der Waals surface area (Å²) in [5, 5.41) is 2.86. The number of nitrogens with zero attached hydrogens (tertiary/aromatic N) is 1. The van der Waals surface area contributed by atoms with Crippen molar-refractivity contribution in [3.63, 3.8) is 0 Å². The Labute approximate surface area is 125 Å². The normalized spacial score (nSPS) is 11.2. The highest BCUT2D eigenvalue weighted by Crippen LogP contribution is 2.26. The van der Waals surface area contributed by atoms with E-state index >= 15 is 0 Å². The molecule has 0 saturated carbocycles. The molecule has 0 aliphatic carbocycles. The highest BCUT2D eigenvalue weighted by atomic mass is 16.1. The standard InChI is InChI=1S/C17H21N3O/c1-11-9-12(18)10-19-15(11)20-16(21)13-7-5-6-8-14(13)17(2,3)4/h5-10H,18H2,1-4H3,(H,19,20,21). The van der Waals surface area contributed by atoms with E-state index in [-0.39, 0.29) is 11.3 Å². The van der Waals surface area contributed by atoms with Crippen molar-refractivity contribution in [3.8, 4) is 0 Å². The summed E-state index contributed by atoms with van der Waals surface area (Å²) >= 11 is 0. The molecule has 0 fully saturated rings. The molecule has 0 saturated heterocycles. The molecular weight excluding hydrogens is 262 g/mol. The zero-order chi connectivity index (χ0) is 15.6. The highest BCUT2D eigenvalue weighted by Gasteiger charge is 2.21. The first kappa shape index (κ1) is 15.0. The Bertz CT molecular complexity index is 672. The SMILES string of the molecule is Cc1cc(N)cnc1NC(=O)c1ccccc1C(C)(C)C. The number of nitrogens with two attached hydrogens (primary N) is 1. The molecule has 2 aromatic rings. The minimum atomic E-state index is -0.152. The summed E-state index contributed by atoms with van der Waals surface area (Å²) in [6.45, 7) is 8.14. The summed E-state index contributed by atoms with van der Waals surface area (Å²) in [6.07, 6.45) is 1.54. The molecule has 4 heteroatoms. The van der Waals surface area contributed by atoms with E-state index in [1.54, 1.807) is 6.07 Å². The summed E-state index contributed by atoms with van der Waals surface area (Å²) in [6, 6.07) is 9.43. The van der Waals surface area contributed by atoms with Crippen molar-refractivity contribution < 1.29 is 4.79 Å². The van der Waals surface area contributed by atoms with Gasteiger partial charge in [-0.15, -0.1) is 0 Å². The third-order valence-electron chi connectivity index (χ3n) is 3.31. The van der Waals surface area contributed by atoms with Gasteiger partial charge in [0.1, 0.15) is 5.82 Å². The number of carbonyl (C=O) groups excluding carboxylic acids is 1. The maximum atomic E-state index is 12.5. The van der Waals surface area contributed by atoms with Gasteiger partial charge in [-0.05, 0) is 35.6 Å². The average Bonchev–Trinajstić information content (AvgIpc) is 2.41. The lowest BCUT2D eigenvalue weighted by atomic mass is 9.83. The zero-order valence-electron chi connectivity index (χ0n) is 12.9. The van der Waals surface area contributed by atoms with Crippen molar-refractivity contribution in [3.05, 3.63) is 53.2 Å². The van der Waals surface area contributed by atoms with Crippen LogP contribution in [0.3, 0.4) is 0 Å². The van der Waals surface area contributed by atoms with Gasteiger partial charge in [0.2, 0.25) is 0 Å². The number of hydrogen-bond donors (Lipinski definition) is 2. The highest BCUT2D eigenvalue weighted by molar-refractivity contribution is 6.05. The second kappa shape index (κ2) is 5.56. The average molecular weight is 283 g/mol. The molecule has 0 atom stereocenters. The van der Waals surface area contributed by atoms with Gasteiger partial charge in [0.25, 0.3) is 5.91 Å². The van der Waals surface area contributed by atoms with Crippen LogP contribution in [0.5, 0.6) is 0 Å². The Morgan fingerprint density at radius 3 is 2.52 bits per heavy atom. The van der Waals surface area contributed by atoms with Crippen LogP contribution < -0.4 is 11.1 Å². The largest absolute Gasteiger partial charge is 0.397 e. The number of benzene rings is 1. The number of nitrogen functional groups attached to an aromatic ring is 1. The first-order valence-electron chi connectivity index (χ1n) is 6.92. The van der Waals surface area contributed by atoms with Crippen LogP contribution in [0.15, 0.2) is 36.5 Å². The van der Waals surface area contributed by atoms with Crippen molar-refractivity contribution in [1.82, 2.24) is 4.98 Å². The number of rotatable bonds is 2. The van der Waals surface area contributed by atoms with Crippen LogP contribution in [0, 0.1) is 6.92 Å². The van der Waals surface area contributed by atoms with Crippen LogP contribution in [-0.2, 0) is 5.41 Å². The Morgan fingerprint density at radius 2 is 1.90 bits per heavy atom. The summed E-state index contributed by atoms with van der Waals surface area (Å²) in [5.74, 6) is 0.388. The van der Waals surface area contributed by atoms with E-state index in [2.05, 4.69) is 31.1 Å². The first-order valence-corrected chi connectivity index (χ1v) is 6.92. The molecule has 3 N–H and O–H groups in total. The topological polar surface area (TPSA) is 68.0 Å². The van der Waals surface area contributed by atoms with E-state index in [1.807, 2.05) is 31.2 Å². The van der Waals surface area contributed by atoms with Crippen molar-refractivity contribution in [2.24, 2.45) is 0 Å². The summed E-state index contributed by atoms with van der Waals surface area (Å²) in [4.78, 5) is 16.7. The number of hydrogen-bond acceptors (Lipinski definition) is 3. The lowest BCUT2D eigenvalue weighted by Gasteiger charge is -2.22. The second-order valence-corrected chi connectivity index (χ2v) is 6.18. The number of aromatic nitrogens is 1. The molecule has 1 amide bonds. The van der Waals surface area contributed by atoms with Crippen LogP contribution >= 0.6 is 0 Å². The Kier molecular flexibility index (Phi) is 3.98. The van der Waals surface area contributed by atoms with Gasteiger partial charge in [0.05, 0.1) is 11.9 Å². The van der Waals surface area contributed by atoms with Gasteiger partial charge in [0.15, 0.2) is 0 Å². The molecule has 1 aromatic carbocycles. The number of anilines is 2. The number of pyridine rings is 1. The van der Waals surface area contributed by atoms with Gasteiger partial charge >= 0.3 is 0 Å². The molecule has 1 aromatic heterocycles. The maximum absolute atomic E-state index is 12.5. The third-order valence-corrected chi connectivity index (χ3v) is 3.31. The Hall–Kier alpha value is -2.36. The first-order chi connectivity index (χ1) is 9.79. The number of amides is 1. The monoisotopic (exact) mass is 283 g/mol. The third kappa shape index (κ3) is 3.40. The van der Waals surface area contributed by atoms with Crippen LogP contribution in [0.25, 0.3) is 0 Å². The minimum Gasteiger partial charge on any atom is -0.397 e. The molecular formula is C17H21N3O. The minimum absolute atomic E-state index is 0.0997. The number of carbonyl (C=O) groups is 1. The summed E-state index contributed by atoms with van der Waals surface area (Å²) in [7, 11) is 0. The van der Waals surface area contributed by atoms with Crippen molar-refractivity contribution >= 4 is 17.4 Å². The number of aryl methyl sites for hydroxylation is 1. The van der Waals surface area contributed by atoms with Crippen molar-refractivity contribution in [2.45, 2.75) is 33.1 Å². The molecule has 4 nitrogen and oxygen atoms in total. The van der Waals surface area contributed by atoms with Crippen molar-refractivity contribution in [1.29, 1.82) is 0 Å². The predicted octanol–water partition coefficient (Wildman–Crippen LogP) is 3.52. The fourth-order valence-corrected chi connectivity index (χ4v) is 2.24. The fourth-order valence-electron chi connectivity index (χ4n) is 2.24. The molecule has 0 aliphatic rings. The van der Waals surface area contributed by atoms with E-state index in [4.69, 9.17) is 5.73 Å². The van der Waals surface area contributed by atoms with E-state index in [0.717, 1.165) is 11.1 Å². The lowest BCUT2D eigenvalue weighted by molar-refractivity contribution is 0.102. The van der Waals surface area contributed by atoms with Gasteiger partial charge in [-0.2, -0.15) is 0 Å². The molecule has 21 heavy (non-hydrogen) atoms. The van der Waals surface area contributed by atoms with Gasteiger partial charge in [-0.25, -0.2) is 4.98 Å². The van der Waals surface area contributed by atoms with Gasteiger partial charge < -0.3 is 11.1 Å². The Morgan fingerprint density at radius 1 is 1.24 bits per heavy atom. The van der Waals surface area contributed by atoms with Crippen molar-refractivity contribution in [2.75, 3.05) is 11.1 Å². The Balaban J connectivity index is 2.33. The molecule has 1 heterocycles. The van der Waals surface area contributed by atoms with E-state index < -0.39 is 0 Å². The van der Waals surface area contributed by atoms with E-state index in [9.17, 15) is 4.79 Å². The van der Waals surface area contributed by atoms with Crippen LogP contribution in [0.1, 0.15) is 42.3 Å². The molecule has 0 radical (unpaired) electrons. The van der Waals surface area contributed by atoms with Crippen LogP contribution in [0.4, 0.5) is 11.5 Å². The molecule has 110 valence electrons. The summed E-state index contributed by atoms with van der Waals surface area (Å²) < 4.78 is 0. The van der Waals surface area contributed by atoms with Crippen LogP contribution in [-0.4, -0.2) is 10.9 Å². The fraction of sp³-hybridized carbons (Fsp3) is 0.294. The van der Waals surface area contributed by atoms with Gasteiger partial charge in [0, 0.05) is 5.56 Å². The molecule has 2 rings (SSSR count). The second-order valence-electron chi connectivity index (χ2n) is 6.18. The summed E-state index contributed by atoms with van der Waals surface area (Å²) in [5.41, 5.74) is 8.68. The molecule has 0 unspecified atom stereocenters. The lowest BCUT2D eigenvalue weighted by Crippen LogP contribution is -2.21. The molecule has 0 bridgehead atoms. The molecule has 0 aliphatic heterocycles. The van der Waals surface area contributed by atoms with E-state index in [0.29, 0.717) is 17.1 Å². The zero-order valence-corrected chi connectivity index (χ0v) is 12.9. The van der Waals surface area contributed by atoms with Gasteiger partial charge in [-0.3, -0.25) is 4.79 Å². The maximum Gasteiger partial charge on any atom is 0.257 e. The molecule has 0 spiro atoms. The smallest absolute Gasteiger partial charge is 0.257 e. The van der Waals surface area contributed by atoms with Crippen LogP contribution in [0.2, 0.25) is 0 Å².